The highest BCUT2D eigenvalue weighted by atomic mass is 35.5. The molecule has 2 rings (SSSR count). The lowest BCUT2D eigenvalue weighted by Crippen LogP contribution is -2.41. The summed E-state index contributed by atoms with van der Waals surface area (Å²) >= 11 is 5.85. The summed E-state index contributed by atoms with van der Waals surface area (Å²) in [6.45, 7) is 1.91. The Bertz CT molecular complexity index is 645. The SMILES string of the molecule is Cc1ccc(C(=[NH2+])c2cccc(C(F)(F)F)c2Cl)cc1. The van der Waals surface area contributed by atoms with E-state index in [0.29, 0.717) is 5.56 Å². The first kappa shape index (κ1) is 14.6. The zero-order valence-corrected chi connectivity index (χ0v) is 11.4. The van der Waals surface area contributed by atoms with Gasteiger partial charge in [0, 0.05) is 5.56 Å². The minimum Gasteiger partial charge on any atom is -0.253 e. The Balaban J connectivity index is 2.48. The van der Waals surface area contributed by atoms with Crippen molar-refractivity contribution in [1.29, 1.82) is 0 Å². The molecule has 0 bridgehead atoms. The number of nitrogens with two attached hydrogens (primary N) is 1. The smallest absolute Gasteiger partial charge is 0.253 e. The van der Waals surface area contributed by atoms with Crippen molar-refractivity contribution in [1.82, 2.24) is 0 Å². The molecular formula is C15H12ClF3N+. The van der Waals surface area contributed by atoms with Gasteiger partial charge in [0.2, 0.25) is 5.71 Å². The second-order valence-corrected chi connectivity index (χ2v) is 4.82. The second kappa shape index (κ2) is 5.29. The minimum atomic E-state index is -4.50. The molecule has 1 nitrogen and oxygen atoms in total. The van der Waals surface area contributed by atoms with Crippen LogP contribution < -0.4 is 5.41 Å². The topological polar surface area (TPSA) is 25.6 Å². The molecule has 20 heavy (non-hydrogen) atoms. The Morgan fingerprint density at radius 3 is 2.20 bits per heavy atom. The number of hydrogen-bond acceptors (Lipinski definition) is 0. The van der Waals surface area contributed by atoms with Gasteiger partial charge < -0.3 is 0 Å². The van der Waals surface area contributed by atoms with E-state index in [1.165, 1.54) is 12.1 Å². The van der Waals surface area contributed by atoms with Crippen molar-refractivity contribution in [3.05, 3.63) is 69.7 Å². The van der Waals surface area contributed by atoms with E-state index in [9.17, 15) is 13.2 Å². The fraction of sp³-hybridized carbons (Fsp3) is 0.133. The summed E-state index contributed by atoms with van der Waals surface area (Å²) < 4.78 is 38.4. The maximum absolute atomic E-state index is 12.8. The van der Waals surface area contributed by atoms with Crippen LogP contribution in [0.25, 0.3) is 0 Å². The molecule has 0 spiro atoms. The normalized spacial score (nSPS) is 11.4. The molecule has 0 radical (unpaired) electrons. The summed E-state index contributed by atoms with van der Waals surface area (Å²) in [5, 5.41) is 5.57. The van der Waals surface area contributed by atoms with E-state index < -0.39 is 11.7 Å². The molecule has 0 atom stereocenters. The van der Waals surface area contributed by atoms with Gasteiger partial charge in [-0.2, -0.15) is 13.2 Å². The summed E-state index contributed by atoms with van der Waals surface area (Å²) in [5.41, 5.74) is 1.20. The molecule has 0 aliphatic heterocycles. The number of aryl methyl sites for hydroxylation is 1. The van der Waals surface area contributed by atoms with Gasteiger partial charge in [0.15, 0.2) is 0 Å². The first-order chi connectivity index (χ1) is 9.30. The molecule has 2 aromatic carbocycles. The van der Waals surface area contributed by atoms with Crippen LogP contribution in [0.2, 0.25) is 5.02 Å². The monoisotopic (exact) mass is 298 g/mol. The molecule has 2 N–H and O–H groups in total. The second-order valence-electron chi connectivity index (χ2n) is 4.44. The van der Waals surface area contributed by atoms with E-state index in [4.69, 9.17) is 17.0 Å². The van der Waals surface area contributed by atoms with Crippen LogP contribution in [0.4, 0.5) is 13.2 Å². The van der Waals surface area contributed by atoms with Gasteiger partial charge in [0.05, 0.1) is 16.1 Å². The Hall–Kier alpha value is -1.81. The van der Waals surface area contributed by atoms with Gasteiger partial charge in [-0.3, -0.25) is 5.41 Å². The van der Waals surface area contributed by atoms with Gasteiger partial charge in [0.25, 0.3) is 0 Å². The predicted molar refractivity (Wildman–Crippen MR) is 72.8 cm³/mol. The van der Waals surface area contributed by atoms with Crippen LogP contribution in [-0.2, 0) is 6.18 Å². The molecule has 0 aromatic heterocycles. The molecule has 0 aliphatic carbocycles. The van der Waals surface area contributed by atoms with Crippen LogP contribution in [0, 0.1) is 6.92 Å². The van der Waals surface area contributed by atoms with Crippen LogP contribution >= 0.6 is 11.6 Å². The third kappa shape index (κ3) is 2.85. The lowest BCUT2D eigenvalue weighted by Gasteiger charge is -2.11. The molecule has 0 saturated heterocycles. The maximum atomic E-state index is 12.8. The predicted octanol–water partition coefficient (Wildman–Crippen LogP) is 3.26. The van der Waals surface area contributed by atoms with Gasteiger partial charge in [-0.1, -0.05) is 35.4 Å². The van der Waals surface area contributed by atoms with Crippen LogP contribution in [-0.4, -0.2) is 5.71 Å². The highest BCUT2D eigenvalue weighted by Gasteiger charge is 2.34. The van der Waals surface area contributed by atoms with E-state index >= 15 is 0 Å². The largest absolute Gasteiger partial charge is 0.417 e. The lowest BCUT2D eigenvalue weighted by atomic mass is 9.99. The fourth-order valence-corrected chi connectivity index (χ4v) is 2.18. The standard InChI is InChI=1S/C15H11ClF3N/c1-9-5-7-10(8-6-9)14(20)11-3-2-4-12(13(11)16)15(17,18)19/h2-8,20H,1H3/p+1. The molecule has 0 saturated carbocycles. The molecule has 2 aromatic rings. The van der Waals surface area contributed by atoms with E-state index in [-0.39, 0.29) is 16.3 Å². The van der Waals surface area contributed by atoms with Crippen molar-refractivity contribution in [2.75, 3.05) is 0 Å². The van der Waals surface area contributed by atoms with Crippen LogP contribution in [0.3, 0.4) is 0 Å². The zero-order valence-electron chi connectivity index (χ0n) is 10.6. The average Bonchev–Trinajstić information content (AvgIpc) is 2.37. The summed E-state index contributed by atoms with van der Waals surface area (Å²) in [5.74, 6) is 0. The van der Waals surface area contributed by atoms with Crippen LogP contribution in [0.15, 0.2) is 42.5 Å². The number of alkyl halides is 3. The maximum Gasteiger partial charge on any atom is 0.417 e. The Morgan fingerprint density at radius 1 is 1.05 bits per heavy atom. The van der Waals surface area contributed by atoms with Crippen molar-refractivity contribution in [3.8, 4) is 0 Å². The number of rotatable bonds is 2. The van der Waals surface area contributed by atoms with Crippen LogP contribution in [0.5, 0.6) is 0 Å². The van der Waals surface area contributed by atoms with Crippen molar-refractivity contribution < 1.29 is 18.6 Å². The van der Waals surface area contributed by atoms with Crippen LogP contribution in [0.1, 0.15) is 22.3 Å². The molecule has 0 heterocycles. The Kier molecular flexibility index (Phi) is 3.86. The molecule has 5 heteroatoms. The van der Waals surface area contributed by atoms with Crippen molar-refractivity contribution in [2.24, 2.45) is 0 Å². The Labute approximate surface area is 119 Å². The van der Waals surface area contributed by atoms with Crippen molar-refractivity contribution >= 4 is 17.3 Å². The molecule has 0 fully saturated rings. The van der Waals surface area contributed by atoms with Gasteiger partial charge in [-0.25, -0.2) is 0 Å². The molecular weight excluding hydrogens is 287 g/mol. The quantitative estimate of drug-likeness (QED) is 0.824. The van der Waals surface area contributed by atoms with Crippen molar-refractivity contribution in [3.63, 3.8) is 0 Å². The lowest BCUT2D eigenvalue weighted by molar-refractivity contribution is -0.137. The minimum absolute atomic E-state index is 0.186. The first-order valence-corrected chi connectivity index (χ1v) is 6.24. The highest BCUT2D eigenvalue weighted by molar-refractivity contribution is 6.35. The third-order valence-corrected chi connectivity index (χ3v) is 3.36. The van der Waals surface area contributed by atoms with E-state index in [1.54, 1.807) is 12.1 Å². The summed E-state index contributed by atoms with van der Waals surface area (Å²) in [6.07, 6.45) is -4.50. The molecule has 0 amide bonds. The molecule has 0 aliphatic rings. The fourth-order valence-electron chi connectivity index (χ4n) is 1.85. The summed E-state index contributed by atoms with van der Waals surface area (Å²) in [7, 11) is 0. The number of benzene rings is 2. The molecule has 104 valence electrons. The van der Waals surface area contributed by atoms with E-state index in [0.717, 1.165) is 11.6 Å². The average molecular weight is 299 g/mol. The molecule has 0 unspecified atom stereocenters. The highest BCUT2D eigenvalue weighted by Crippen LogP contribution is 2.36. The van der Waals surface area contributed by atoms with Gasteiger partial charge in [-0.15, -0.1) is 0 Å². The zero-order chi connectivity index (χ0) is 14.9. The van der Waals surface area contributed by atoms with Gasteiger partial charge >= 0.3 is 6.18 Å². The van der Waals surface area contributed by atoms with E-state index in [2.05, 4.69) is 0 Å². The number of halogens is 4. The number of hydrogen-bond donors (Lipinski definition) is 1. The Morgan fingerprint density at radius 2 is 1.65 bits per heavy atom. The van der Waals surface area contributed by atoms with E-state index in [1.807, 2.05) is 19.1 Å². The summed E-state index contributed by atoms with van der Waals surface area (Å²) in [6, 6.07) is 10.9. The summed E-state index contributed by atoms with van der Waals surface area (Å²) in [4.78, 5) is 0. The first-order valence-electron chi connectivity index (χ1n) is 5.86. The van der Waals surface area contributed by atoms with Gasteiger partial charge in [-0.05, 0) is 31.2 Å². The van der Waals surface area contributed by atoms with Crippen molar-refractivity contribution in [2.45, 2.75) is 13.1 Å². The third-order valence-electron chi connectivity index (χ3n) is 2.96. The van der Waals surface area contributed by atoms with Gasteiger partial charge in [0.1, 0.15) is 0 Å².